The first kappa shape index (κ1) is 22.5. The highest BCUT2D eigenvalue weighted by Gasteiger charge is 2.26. The Kier molecular flexibility index (Phi) is 8.30. The number of carbonyl (C=O) groups is 1. The zero-order valence-electron chi connectivity index (χ0n) is 17.0. The molecule has 4 N–H and O–H groups in total. The lowest BCUT2D eigenvalue weighted by Crippen LogP contribution is -2.39. The molecule has 2 rings (SSSR count). The van der Waals surface area contributed by atoms with Crippen molar-refractivity contribution in [2.24, 2.45) is 11.7 Å². The third kappa shape index (κ3) is 6.10. The normalized spacial score (nSPS) is 14.0. The Bertz CT molecular complexity index is 770. The van der Waals surface area contributed by atoms with Gasteiger partial charge < -0.3 is 30.2 Å². The lowest BCUT2D eigenvalue weighted by Gasteiger charge is -2.23. The van der Waals surface area contributed by atoms with Gasteiger partial charge in [0, 0.05) is 6.04 Å². The smallest absolute Gasteiger partial charge is 0.306 e. The number of hydrogen-bond donors (Lipinski definition) is 3. The Balaban J connectivity index is 2.12. The van der Waals surface area contributed by atoms with E-state index in [9.17, 15) is 15.0 Å². The average molecular weight is 403 g/mol. The van der Waals surface area contributed by atoms with Crippen molar-refractivity contribution in [1.29, 1.82) is 0 Å². The standard InChI is InChI=1S/C22H29NO6/c1-27-19-11-15(12-20(28-2)21(19)29-3)9-16(22(25)26)13-18(24)17(23)10-14-7-5-4-6-8-14/h4-8,11-12,16-18,24H,9-10,13,23H2,1-3H3,(H,25,26). The molecule has 29 heavy (non-hydrogen) atoms. The fourth-order valence-electron chi connectivity index (χ4n) is 3.30. The van der Waals surface area contributed by atoms with Gasteiger partial charge in [-0.15, -0.1) is 0 Å². The minimum atomic E-state index is -0.996. The molecular formula is C22H29NO6. The van der Waals surface area contributed by atoms with Gasteiger partial charge in [-0.05, 0) is 42.5 Å². The number of hydrogen-bond acceptors (Lipinski definition) is 6. The van der Waals surface area contributed by atoms with Crippen LogP contribution in [-0.4, -0.2) is 49.7 Å². The second-order valence-electron chi connectivity index (χ2n) is 6.93. The summed E-state index contributed by atoms with van der Waals surface area (Å²) in [5.74, 6) is -0.463. The van der Waals surface area contributed by atoms with Crippen LogP contribution in [0.3, 0.4) is 0 Å². The molecule has 7 nitrogen and oxygen atoms in total. The minimum absolute atomic E-state index is 0.0417. The molecule has 0 aliphatic carbocycles. The number of aliphatic hydroxyl groups is 1. The van der Waals surface area contributed by atoms with Crippen LogP contribution in [0.15, 0.2) is 42.5 Å². The summed E-state index contributed by atoms with van der Waals surface area (Å²) in [6.07, 6.45) is -0.238. The zero-order chi connectivity index (χ0) is 21.4. The van der Waals surface area contributed by atoms with E-state index in [2.05, 4.69) is 0 Å². The molecule has 7 heteroatoms. The molecule has 0 bridgehead atoms. The van der Waals surface area contributed by atoms with Gasteiger partial charge in [-0.25, -0.2) is 0 Å². The van der Waals surface area contributed by atoms with Crippen LogP contribution in [0.5, 0.6) is 17.2 Å². The number of methoxy groups -OCH3 is 3. The Morgan fingerprint density at radius 1 is 0.966 bits per heavy atom. The summed E-state index contributed by atoms with van der Waals surface area (Å²) in [6.45, 7) is 0. The molecule has 0 radical (unpaired) electrons. The SMILES string of the molecule is COc1cc(CC(CC(O)C(N)Cc2ccccc2)C(=O)O)cc(OC)c1OC. The monoisotopic (exact) mass is 403 g/mol. The minimum Gasteiger partial charge on any atom is -0.493 e. The zero-order valence-corrected chi connectivity index (χ0v) is 17.0. The van der Waals surface area contributed by atoms with Gasteiger partial charge in [0.1, 0.15) is 0 Å². The van der Waals surface area contributed by atoms with Crippen molar-refractivity contribution in [3.05, 3.63) is 53.6 Å². The highest BCUT2D eigenvalue weighted by Crippen LogP contribution is 2.39. The van der Waals surface area contributed by atoms with Gasteiger partial charge in [-0.1, -0.05) is 30.3 Å². The molecule has 0 amide bonds. The molecule has 2 aromatic rings. The van der Waals surface area contributed by atoms with Crippen molar-refractivity contribution in [3.8, 4) is 17.2 Å². The van der Waals surface area contributed by atoms with E-state index < -0.39 is 24.0 Å². The Hall–Kier alpha value is -2.77. The number of nitrogens with two attached hydrogens (primary N) is 1. The summed E-state index contributed by atoms with van der Waals surface area (Å²) in [5.41, 5.74) is 7.82. The van der Waals surface area contributed by atoms with Gasteiger partial charge >= 0.3 is 5.97 Å². The second-order valence-corrected chi connectivity index (χ2v) is 6.93. The van der Waals surface area contributed by atoms with Gasteiger partial charge in [-0.3, -0.25) is 4.79 Å². The van der Waals surface area contributed by atoms with Crippen molar-refractivity contribution >= 4 is 5.97 Å². The summed E-state index contributed by atoms with van der Waals surface area (Å²) in [6, 6.07) is 12.4. The summed E-state index contributed by atoms with van der Waals surface area (Å²) in [5, 5.41) is 20.2. The van der Waals surface area contributed by atoms with Gasteiger partial charge in [0.25, 0.3) is 0 Å². The molecule has 0 saturated heterocycles. The maximum Gasteiger partial charge on any atom is 0.306 e. The second kappa shape index (κ2) is 10.7. The van der Waals surface area contributed by atoms with E-state index in [-0.39, 0.29) is 12.8 Å². The van der Waals surface area contributed by atoms with Crippen LogP contribution < -0.4 is 19.9 Å². The fourth-order valence-corrected chi connectivity index (χ4v) is 3.30. The quantitative estimate of drug-likeness (QED) is 0.528. The van der Waals surface area contributed by atoms with Crippen molar-refractivity contribution in [3.63, 3.8) is 0 Å². The van der Waals surface area contributed by atoms with E-state index in [0.717, 1.165) is 5.56 Å². The largest absolute Gasteiger partial charge is 0.493 e. The van der Waals surface area contributed by atoms with E-state index in [4.69, 9.17) is 19.9 Å². The molecule has 2 aromatic carbocycles. The van der Waals surface area contributed by atoms with E-state index in [1.165, 1.54) is 21.3 Å². The maximum absolute atomic E-state index is 11.8. The number of aliphatic hydroxyl groups excluding tert-OH is 1. The average Bonchev–Trinajstić information content (AvgIpc) is 2.72. The highest BCUT2D eigenvalue weighted by atomic mass is 16.5. The van der Waals surface area contributed by atoms with Crippen LogP contribution in [0.1, 0.15) is 17.5 Å². The van der Waals surface area contributed by atoms with Crippen LogP contribution in [0.4, 0.5) is 0 Å². The summed E-state index contributed by atoms with van der Waals surface area (Å²) in [7, 11) is 4.51. The maximum atomic E-state index is 11.8. The van der Waals surface area contributed by atoms with E-state index in [0.29, 0.717) is 29.2 Å². The van der Waals surface area contributed by atoms with Crippen LogP contribution >= 0.6 is 0 Å². The van der Waals surface area contributed by atoms with E-state index in [1.54, 1.807) is 12.1 Å². The number of rotatable bonds is 11. The van der Waals surface area contributed by atoms with Gasteiger partial charge in [-0.2, -0.15) is 0 Å². The lowest BCUT2D eigenvalue weighted by molar-refractivity contribution is -0.142. The van der Waals surface area contributed by atoms with Gasteiger partial charge in [0.2, 0.25) is 5.75 Å². The predicted octanol–water partition coefficient (Wildman–Crippen LogP) is 2.28. The molecule has 0 spiro atoms. The number of carboxylic acid groups (broad SMARTS) is 1. The number of benzene rings is 2. The van der Waals surface area contributed by atoms with Crippen molar-refractivity contribution < 1.29 is 29.2 Å². The number of ether oxygens (including phenoxy) is 3. The van der Waals surface area contributed by atoms with Crippen LogP contribution in [-0.2, 0) is 17.6 Å². The first-order chi connectivity index (χ1) is 13.9. The highest BCUT2D eigenvalue weighted by molar-refractivity contribution is 5.70. The predicted molar refractivity (Wildman–Crippen MR) is 110 cm³/mol. The topological polar surface area (TPSA) is 111 Å². The van der Waals surface area contributed by atoms with E-state index in [1.807, 2.05) is 30.3 Å². The Morgan fingerprint density at radius 2 is 1.55 bits per heavy atom. The Labute approximate surface area is 171 Å². The number of carboxylic acids is 1. The van der Waals surface area contributed by atoms with Crippen LogP contribution in [0.2, 0.25) is 0 Å². The molecule has 158 valence electrons. The Morgan fingerprint density at radius 3 is 2.03 bits per heavy atom. The molecule has 0 saturated carbocycles. The molecule has 0 aromatic heterocycles. The van der Waals surface area contributed by atoms with Crippen molar-refractivity contribution in [2.75, 3.05) is 21.3 Å². The van der Waals surface area contributed by atoms with Crippen molar-refractivity contribution in [2.45, 2.75) is 31.4 Å². The first-order valence-electron chi connectivity index (χ1n) is 9.38. The lowest BCUT2D eigenvalue weighted by atomic mass is 9.89. The summed E-state index contributed by atoms with van der Waals surface area (Å²) in [4.78, 5) is 11.8. The fraction of sp³-hybridized carbons (Fsp3) is 0.409. The molecule has 0 heterocycles. The molecule has 0 fully saturated rings. The third-order valence-corrected chi connectivity index (χ3v) is 4.89. The third-order valence-electron chi connectivity index (χ3n) is 4.89. The first-order valence-corrected chi connectivity index (χ1v) is 9.38. The molecule has 3 unspecified atom stereocenters. The molecule has 3 atom stereocenters. The number of aliphatic carboxylic acids is 1. The molecular weight excluding hydrogens is 374 g/mol. The van der Waals surface area contributed by atoms with Gasteiger partial charge in [0.05, 0.1) is 33.4 Å². The van der Waals surface area contributed by atoms with Gasteiger partial charge in [0.15, 0.2) is 11.5 Å². The van der Waals surface area contributed by atoms with Crippen molar-refractivity contribution in [1.82, 2.24) is 0 Å². The van der Waals surface area contributed by atoms with Crippen LogP contribution in [0, 0.1) is 5.92 Å². The van der Waals surface area contributed by atoms with Crippen LogP contribution in [0.25, 0.3) is 0 Å². The molecule has 0 aliphatic rings. The summed E-state index contributed by atoms with van der Waals surface area (Å²) >= 11 is 0. The summed E-state index contributed by atoms with van der Waals surface area (Å²) < 4.78 is 15.9. The van der Waals surface area contributed by atoms with E-state index >= 15 is 0 Å². The molecule has 0 aliphatic heterocycles.